The van der Waals surface area contributed by atoms with Crippen LogP contribution in [0.3, 0.4) is 0 Å². The average Bonchev–Trinajstić information content (AvgIpc) is 3.81. The van der Waals surface area contributed by atoms with E-state index in [4.69, 9.17) is 23.7 Å². The molecule has 3 heterocycles. The Morgan fingerprint density at radius 2 is 1.58 bits per heavy atom. The first-order valence-electron chi connectivity index (χ1n) is 17.6. The lowest BCUT2D eigenvalue weighted by atomic mass is 9.86. The van der Waals surface area contributed by atoms with E-state index < -0.39 is 41.7 Å². The molecule has 0 spiro atoms. The Morgan fingerprint density at radius 1 is 0.900 bits per heavy atom. The van der Waals surface area contributed by atoms with E-state index in [9.17, 15) is 19.5 Å². The number of hydrogen-bond donors (Lipinski definition) is 4. The second-order valence-electron chi connectivity index (χ2n) is 14.9. The summed E-state index contributed by atoms with van der Waals surface area (Å²) in [7, 11) is 0. The zero-order chi connectivity index (χ0) is 35.3. The number of hydrogen-bond acceptors (Lipinski definition) is 10. The van der Waals surface area contributed by atoms with Gasteiger partial charge in [0.2, 0.25) is 0 Å². The zero-order valence-electron chi connectivity index (χ0n) is 29.0. The number of nitrogens with zero attached hydrogens (tertiary/aromatic N) is 1. The number of aliphatic hydroxyl groups is 1. The summed E-state index contributed by atoms with van der Waals surface area (Å²) in [5.41, 5.74) is 4.07. The van der Waals surface area contributed by atoms with E-state index in [1.807, 2.05) is 81.4 Å². The number of hydrazine groups is 1. The van der Waals surface area contributed by atoms with Crippen LogP contribution in [0.2, 0.25) is 0 Å². The molecule has 0 radical (unpaired) electrons. The van der Waals surface area contributed by atoms with Gasteiger partial charge in [-0.3, -0.25) is 10.2 Å². The third-order valence-corrected chi connectivity index (χ3v) is 10.0. The van der Waals surface area contributed by atoms with Crippen LogP contribution in [0, 0.1) is 23.2 Å². The molecule has 3 aliphatic heterocycles. The molecule has 13 nitrogen and oxygen atoms in total. The van der Waals surface area contributed by atoms with Crippen molar-refractivity contribution >= 4 is 18.1 Å². The van der Waals surface area contributed by atoms with Crippen LogP contribution >= 0.6 is 0 Å². The fourth-order valence-electron chi connectivity index (χ4n) is 7.42. The fraction of sp³-hybridized carbons (Fsp3) is 0.595. The van der Waals surface area contributed by atoms with Gasteiger partial charge in [0.15, 0.2) is 6.29 Å². The lowest BCUT2D eigenvalue weighted by molar-refractivity contribution is -0.169. The van der Waals surface area contributed by atoms with Gasteiger partial charge in [0, 0.05) is 37.3 Å². The minimum Gasteiger partial charge on any atom is -0.445 e. The Kier molecular flexibility index (Phi) is 11.6. The zero-order valence-corrected chi connectivity index (χ0v) is 29.0. The Morgan fingerprint density at radius 3 is 2.26 bits per heavy atom. The van der Waals surface area contributed by atoms with Gasteiger partial charge in [0.05, 0.1) is 38.6 Å². The van der Waals surface area contributed by atoms with Gasteiger partial charge in [-0.25, -0.2) is 14.6 Å². The molecule has 4 aliphatic rings. The minimum atomic E-state index is -1.13. The Labute approximate surface area is 293 Å². The summed E-state index contributed by atoms with van der Waals surface area (Å²) in [6.07, 6.45) is -1.56. The van der Waals surface area contributed by atoms with Crippen molar-refractivity contribution < 1.29 is 43.2 Å². The van der Waals surface area contributed by atoms with Crippen molar-refractivity contribution in [3.63, 3.8) is 0 Å². The highest BCUT2D eigenvalue weighted by Crippen LogP contribution is 2.49. The highest BCUT2D eigenvalue weighted by atomic mass is 16.7. The van der Waals surface area contributed by atoms with Crippen molar-refractivity contribution in [2.45, 2.75) is 83.3 Å². The van der Waals surface area contributed by atoms with Gasteiger partial charge >= 0.3 is 12.2 Å². The van der Waals surface area contributed by atoms with Crippen molar-refractivity contribution in [2.75, 3.05) is 33.0 Å². The van der Waals surface area contributed by atoms with Crippen LogP contribution in [0.15, 0.2) is 60.7 Å². The Bertz CT molecular complexity index is 1440. The van der Waals surface area contributed by atoms with Crippen LogP contribution in [-0.2, 0) is 41.4 Å². The van der Waals surface area contributed by atoms with E-state index in [1.54, 1.807) is 5.01 Å². The van der Waals surface area contributed by atoms with Crippen LogP contribution in [0.5, 0.6) is 0 Å². The number of aliphatic hydroxyl groups excluding tert-OH is 1. The topological polar surface area (TPSA) is 157 Å². The maximum absolute atomic E-state index is 13.9. The molecule has 1 saturated carbocycles. The maximum Gasteiger partial charge on any atom is 0.408 e. The molecule has 50 heavy (non-hydrogen) atoms. The summed E-state index contributed by atoms with van der Waals surface area (Å²) in [5.74, 6) is -0.0603. The standard InChI is InChI=1S/C37H50N4O9/c1-37(2,3)32(39-36(45)49-26-14-15-46-21-26)33(43)40-41(18-24-12-8-5-9-13-24)19-30(42)29(16-23-10-6-4-7-11-23)38-35(44)50-31-25-17-27-28(31)22-48-34(27)47-20-25/h4-13,25-32,34,42H,14-22H2,1-3H3,(H,38,44)(H,39,45)(H,40,43)/t25?,26?,27?,28?,29-,30+,31?,32+,34?/m0/s1. The third-order valence-electron chi connectivity index (χ3n) is 10.0. The lowest BCUT2D eigenvalue weighted by Crippen LogP contribution is -2.59. The summed E-state index contributed by atoms with van der Waals surface area (Å²) >= 11 is 0. The number of carbonyl (C=O) groups excluding carboxylic acids is 3. The third kappa shape index (κ3) is 9.12. The highest BCUT2D eigenvalue weighted by molar-refractivity contribution is 5.86. The van der Waals surface area contributed by atoms with Gasteiger partial charge in [-0.2, -0.15) is 0 Å². The summed E-state index contributed by atoms with van der Waals surface area (Å²) in [4.78, 5) is 40.2. The molecule has 2 aromatic rings. The average molecular weight is 695 g/mol. The predicted molar refractivity (Wildman–Crippen MR) is 181 cm³/mol. The molecule has 2 aromatic carbocycles. The van der Waals surface area contributed by atoms with E-state index in [1.165, 1.54) is 0 Å². The SMILES string of the molecule is CC(C)(C)[C@H](NC(=O)OC1CCOC1)C(=O)NN(Cc1ccccc1)C[C@@H](O)[C@H](Cc1ccccc1)NC(=O)OC1C2COC3OCC1C3C2. The number of alkyl carbamates (subject to hydrolysis) is 2. The number of nitrogens with one attached hydrogen (secondary N) is 3. The molecule has 1 aliphatic carbocycles. The van der Waals surface area contributed by atoms with Crippen molar-refractivity contribution in [1.82, 2.24) is 21.1 Å². The quantitative estimate of drug-likeness (QED) is 0.230. The smallest absolute Gasteiger partial charge is 0.408 e. The van der Waals surface area contributed by atoms with Gasteiger partial charge in [-0.15, -0.1) is 0 Å². The van der Waals surface area contributed by atoms with Gasteiger partial charge in [0.1, 0.15) is 18.2 Å². The molecule has 3 amide bonds. The molecule has 3 saturated heterocycles. The molecule has 272 valence electrons. The molecule has 6 unspecified atom stereocenters. The van der Waals surface area contributed by atoms with Crippen molar-refractivity contribution in [2.24, 2.45) is 23.2 Å². The molecule has 13 heteroatoms. The maximum atomic E-state index is 13.9. The minimum absolute atomic E-state index is 0.0424. The predicted octanol–water partition coefficient (Wildman–Crippen LogP) is 3.16. The van der Waals surface area contributed by atoms with Gasteiger partial charge in [-0.1, -0.05) is 81.4 Å². The van der Waals surface area contributed by atoms with Crippen LogP contribution in [0.1, 0.15) is 44.7 Å². The molecule has 4 fully saturated rings. The lowest BCUT2D eigenvalue weighted by Gasteiger charge is -2.35. The summed E-state index contributed by atoms with van der Waals surface area (Å²) < 4.78 is 28.4. The Hall–Kier alpha value is -3.75. The molecular weight excluding hydrogens is 644 g/mol. The Balaban J connectivity index is 1.16. The van der Waals surface area contributed by atoms with E-state index in [-0.39, 0.29) is 49.3 Å². The highest BCUT2D eigenvalue weighted by Gasteiger charge is 2.56. The van der Waals surface area contributed by atoms with Gasteiger partial charge < -0.3 is 39.4 Å². The van der Waals surface area contributed by atoms with Crippen molar-refractivity contribution in [1.29, 1.82) is 0 Å². The van der Waals surface area contributed by atoms with Crippen LogP contribution in [0.4, 0.5) is 9.59 Å². The van der Waals surface area contributed by atoms with Crippen LogP contribution in [0.25, 0.3) is 0 Å². The van der Waals surface area contributed by atoms with Crippen LogP contribution in [-0.4, -0.2) is 97.9 Å². The van der Waals surface area contributed by atoms with Crippen molar-refractivity contribution in [3.05, 3.63) is 71.8 Å². The monoisotopic (exact) mass is 694 g/mol. The normalized spacial score (nSPS) is 27.3. The molecule has 0 aromatic heterocycles. The number of benzene rings is 2. The largest absolute Gasteiger partial charge is 0.445 e. The van der Waals surface area contributed by atoms with E-state index in [2.05, 4.69) is 16.1 Å². The van der Waals surface area contributed by atoms with Gasteiger partial charge in [-0.05, 0) is 29.4 Å². The molecule has 4 N–H and O–H groups in total. The summed E-state index contributed by atoms with van der Waals surface area (Å²) in [6.45, 7) is 7.56. The number of ether oxygens (including phenoxy) is 5. The first-order valence-corrected chi connectivity index (χ1v) is 17.6. The summed E-state index contributed by atoms with van der Waals surface area (Å²) in [6, 6.07) is 17.4. The molecular formula is C37H50N4O9. The molecule has 2 bridgehead atoms. The number of fused-ring (bicyclic) bond motifs is 1. The second kappa shape index (κ2) is 16.1. The molecule has 6 rings (SSSR count). The van der Waals surface area contributed by atoms with E-state index in [0.717, 1.165) is 17.5 Å². The molecule has 9 atom stereocenters. The van der Waals surface area contributed by atoms with E-state index >= 15 is 0 Å². The van der Waals surface area contributed by atoms with Crippen LogP contribution < -0.4 is 16.1 Å². The first-order chi connectivity index (χ1) is 24.0. The number of rotatable bonds is 13. The fourth-order valence-corrected chi connectivity index (χ4v) is 7.42. The number of amides is 3. The van der Waals surface area contributed by atoms with Gasteiger partial charge in [0.25, 0.3) is 5.91 Å². The van der Waals surface area contributed by atoms with E-state index in [0.29, 0.717) is 39.3 Å². The second-order valence-corrected chi connectivity index (χ2v) is 14.9. The first kappa shape index (κ1) is 36.1. The number of carbonyl (C=O) groups is 3. The summed E-state index contributed by atoms with van der Waals surface area (Å²) in [5, 5.41) is 19.1. The van der Waals surface area contributed by atoms with Crippen molar-refractivity contribution in [3.8, 4) is 0 Å².